The number of phosphoric ester groups is 1. The first-order valence-corrected chi connectivity index (χ1v) is 18.7. The average molecular weight is 636 g/mol. The monoisotopic (exact) mass is 635 g/mol. The van der Waals surface area contributed by atoms with Gasteiger partial charge in [0.25, 0.3) is 7.82 Å². The molecule has 0 aromatic heterocycles. The number of rotatable bonds is 31. The van der Waals surface area contributed by atoms with E-state index in [1.54, 1.807) is 0 Å². The van der Waals surface area contributed by atoms with Gasteiger partial charge in [0.15, 0.2) is 6.10 Å². The third-order valence-corrected chi connectivity index (χ3v) is 8.34. The molecule has 0 bridgehead atoms. The fourth-order valence-electron chi connectivity index (χ4n) is 4.59. The number of phosphoric acid groups is 1. The molecule has 0 aliphatic rings. The molecular weight excluding hydrogens is 569 g/mol. The predicted octanol–water partition coefficient (Wildman–Crippen LogP) is 7.88. The van der Waals surface area contributed by atoms with Crippen molar-refractivity contribution < 1.29 is 42.1 Å². The predicted molar refractivity (Wildman–Crippen MR) is 172 cm³/mol. The van der Waals surface area contributed by atoms with E-state index in [-0.39, 0.29) is 32.0 Å². The van der Waals surface area contributed by atoms with Gasteiger partial charge in [0.2, 0.25) is 0 Å². The molecule has 0 amide bonds. The Labute approximate surface area is 264 Å². The molecule has 0 radical (unpaired) electrons. The summed E-state index contributed by atoms with van der Waals surface area (Å²) in [5, 5.41) is 0. The molecule has 2 unspecified atom stereocenters. The van der Waals surface area contributed by atoms with Crippen LogP contribution >= 0.6 is 7.82 Å². The molecule has 0 rings (SSSR count). The Balaban J connectivity index is 4.49. The molecule has 0 saturated carbocycles. The van der Waals surface area contributed by atoms with Crippen LogP contribution in [0.5, 0.6) is 0 Å². The molecule has 9 nitrogen and oxygen atoms in total. The van der Waals surface area contributed by atoms with Gasteiger partial charge < -0.3 is 27.9 Å². The zero-order chi connectivity index (χ0) is 32.2. The molecule has 43 heavy (non-hydrogen) atoms. The Bertz CT molecular complexity index is 728. The van der Waals surface area contributed by atoms with Gasteiger partial charge in [0.1, 0.15) is 19.8 Å². The lowest BCUT2D eigenvalue weighted by Gasteiger charge is -2.28. The number of esters is 2. The zero-order valence-electron chi connectivity index (χ0n) is 28.4. The Morgan fingerprint density at radius 2 is 1.05 bits per heavy atom. The molecule has 10 heteroatoms. The summed E-state index contributed by atoms with van der Waals surface area (Å²) in [6, 6.07) is 0. The van der Waals surface area contributed by atoms with Crippen LogP contribution in [0.25, 0.3) is 0 Å². The van der Waals surface area contributed by atoms with E-state index in [1.807, 2.05) is 21.1 Å². The summed E-state index contributed by atoms with van der Waals surface area (Å²) in [7, 11) is 1.17. The minimum Gasteiger partial charge on any atom is -0.756 e. The summed E-state index contributed by atoms with van der Waals surface area (Å²) in [6.45, 7) is 4.17. The Morgan fingerprint density at radius 3 is 1.49 bits per heavy atom. The highest BCUT2D eigenvalue weighted by molar-refractivity contribution is 7.45. The summed E-state index contributed by atoms with van der Waals surface area (Å²) in [6.07, 6.45) is 21.4. The van der Waals surface area contributed by atoms with Gasteiger partial charge >= 0.3 is 11.9 Å². The average Bonchev–Trinajstić information content (AvgIpc) is 2.93. The minimum absolute atomic E-state index is 0.0266. The molecule has 0 saturated heterocycles. The summed E-state index contributed by atoms with van der Waals surface area (Å²) < 4.78 is 33.6. The van der Waals surface area contributed by atoms with Crippen LogP contribution in [0.1, 0.15) is 149 Å². The van der Waals surface area contributed by atoms with Crippen LogP contribution in [0.4, 0.5) is 0 Å². The van der Waals surface area contributed by atoms with Gasteiger partial charge in [0, 0.05) is 12.8 Å². The Kier molecular flexibility index (Phi) is 26.7. The number of hydrogen-bond donors (Lipinski definition) is 0. The number of unbranched alkanes of at least 4 members (excludes halogenated alkanes) is 17. The van der Waals surface area contributed by atoms with Gasteiger partial charge in [-0.05, 0) is 12.8 Å². The SMILES string of the molecule is CCCCCCCCCCCCC(=O)OC(COC(=O)CCCCCCCCCCC)COP(=O)([O-])OCC[N+](C)(C)C. The second-order valence-corrected chi connectivity index (χ2v) is 14.3. The number of ether oxygens (including phenoxy) is 2. The maximum absolute atomic E-state index is 12.5. The number of quaternary nitrogens is 1. The molecule has 0 aliphatic carbocycles. The van der Waals surface area contributed by atoms with Crippen molar-refractivity contribution >= 4 is 19.8 Å². The molecule has 0 fully saturated rings. The number of carbonyl (C=O) groups is 2. The van der Waals surface area contributed by atoms with E-state index in [0.29, 0.717) is 17.4 Å². The van der Waals surface area contributed by atoms with Crippen LogP contribution in [0.3, 0.4) is 0 Å². The van der Waals surface area contributed by atoms with Crippen LogP contribution in [-0.4, -0.2) is 70.0 Å². The quantitative estimate of drug-likeness (QED) is 0.0327. The fraction of sp³-hybridized carbons (Fsp3) is 0.939. The number of likely N-dealkylation sites (N-methyl/N-ethyl adjacent to an activating group) is 1. The van der Waals surface area contributed by atoms with Crippen molar-refractivity contribution in [2.75, 3.05) is 47.5 Å². The van der Waals surface area contributed by atoms with Gasteiger partial charge in [-0.2, -0.15) is 0 Å². The van der Waals surface area contributed by atoms with Gasteiger partial charge in [-0.25, -0.2) is 0 Å². The van der Waals surface area contributed by atoms with Gasteiger partial charge in [-0.3, -0.25) is 14.2 Å². The summed E-state index contributed by atoms with van der Waals surface area (Å²) in [4.78, 5) is 37.0. The number of carbonyl (C=O) groups excluding carboxylic acids is 2. The molecule has 256 valence electrons. The van der Waals surface area contributed by atoms with E-state index in [4.69, 9.17) is 18.5 Å². The zero-order valence-corrected chi connectivity index (χ0v) is 29.3. The Hall–Kier alpha value is -0.990. The van der Waals surface area contributed by atoms with Crippen LogP contribution < -0.4 is 4.89 Å². The van der Waals surface area contributed by atoms with Crippen LogP contribution in [-0.2, 0) is 32.7 Å². The van der Waals surface area contributed by atoms with E-state index in [0.717, 1.165) is 32.1 Å². The van der Waals surface area contributed by atoms with Crippen molar-refractivity contribution in [1.29, 1.82) is 0 Å². The lowest BCUT2D eigenvalue weighted by atomic mass is 10.1. The topological polar surface area (TPSA) is 111 Å². The molecule has 0 spiro atoms. The molecular formula is C33H66NO8P. The number of nitrogens with zero attached hydrogens (tertiary/aromatic N) is 1. The molecule has 0 aliphatic heterocycles. The van der Waals surface area contributed by atoms with Gasteiger partial charge in [-0.1, -0.05) is 123 Å². The standard InChI is InChI=1S/C33H66NO8P/c1-6-8-10-12-14-16-18-20-22-24-26-33(36)42-31(30-41-43(37,38)40-28-27-34(3,4)5)29-39-32(35)25-23-21-19-17-15-13-11-9-7-2/h31H,6-30H2,1-5H3. The van der Waals surface area contributed by atoms with Crippen molar-refractivity contribution in [2.24, 2.45) is 0 Å². The molecule has 0 heterocycles. The summed E-state index contributed by atoms with van der Waals surface area (Å²) >= 11 is 0. The normalized spacial score (nSPS) is 13.9. The molecule has 2 atom stereocenters. The van der Waals surface area contributed by atoms with E-state index < -0.39 is 26.5 Å². The molecule has 0 aromatic rings. The fourth-order valence-corrected chi connectivity index (χ4v) is 5.32. The Morgan fingerprint density at radius 1 is 0.628 bits per heavy atom. The summed E-state index contributed by atoms with van der Waals surface area (Å²) in [5.41, 5.74) is 0. The lowest BCUT2D eigenvalue weighted by molar-refractivity contribution is -0.870. The van der Waals surface area contributed by atoms with Gasteiger partial charge in [-0.15, -0.1) is 0 Å². The second kappa shape index (κ2) is 27.3. The van der Waals surface area contributed by atoms with E-state index in [9.17, 15) is 19.0 Å². The highest BCUT2D eigenvalue weighted by Gasteiger charge is 2.21. The molecule has 0 aromatic carbocycles. The third-order valence-electron chi connectivity index (χ3n) is 7.38. The first-order valence-electron chi connectivity index (χ1n) is 17.2. The lowest BCUT2D eigenvalue weighted by Crippen LogP contribution is -2.37. The van der Waals surface area contributed by atoms with E-state index >= 15 is 0 Å². The largest absolute Gasteiger partial charge is 0.756 e. The minimum atomic E-state index is -4.60. The smallest absolute Gasteiger partial charge is 0.306 e. The third kappa shape index (κ3) is 30.8. The van der Waals surface area contributed by atoms with Gasteiger partial charge in [0.05, 0.1) is 27.7 Å². The number of hydrogen-bond acceptors (Lipinski definition) is 8. The van der Waals surface area contributed by atoms with Crippen molar-refractivity contribution in [1.82, 2.24) is 0 Å². The maximum atomic E-state index is 12.5. The van der Waals surface area contributed by atoms with Crippen molar-refractivity contribution in [2.45, 2.75) is 155 Å². The van der Waals surface area contributed by atoms with Crippen molar-refractivity contribution in [3.63, 3.8) is 0 Å². The highest BCUT2D eigenvalue weighted by Crippen LogP contribution is 2.38. The first kappa shape index (κ1) is 42.0. The van der Waals surface area contributed by atoms with E-state index in [1.165, 1.54) is 83.5 Å². The second-order valence-electron chi connectivity index (χ2n) is 12.9. The van der Waals surface area contributed by atoms with Crippen LogP contribution in [0.15, 0.2) is 0 Å². The van der Waals surface area contributed by atoms with Crippen LogP contribution in [0, 0.1) is 0 Å². The van der Waals surface area contributed by atoms with Crippen molar-refractivity contribution in [3.8, 4) is 0 Å². The highest BCUT2D eigenvalue weighted by atomic mass is 31.2. The first-order chi connectivity index (χ1) is 20.5. The van der Waals surface area contributed by atoms with Crippen molar-refractivity contribution in [3.05, 3.63) is 0 Å². The van der Waals surface area contributed by atoms with Crippen LogP contribution in [0.2, 0.25) is 0 Å². The molecule has 0 N–H and O–H groups in total. The maximum Gasteiger partial charge on any atom is 0.306 e. The van der Waals surface area contributed by atoms with E-state index in [2.05, 4.69) is 13.8 Å². The summed E-state index contributed by atoms with van der Waals surface area (Å²) in [5.74, 6) is -0.835.